The third kappa shape index (κ3) is 7.90. The van der Waals surface area contributed by atoms with Gasteiger partial charge in [0, 0.05) is 25.6 Å². The SMILES string of the molecule is CS(=O)(=O)CNC(=O)[C@@H]1CC[C@@H]2CN1C(=O)N2O.CS(=O)(=O)CNC(=O)[C@@H]1CC[C@@H]2CN1C(=O)N2OS(=O)(=O)O. The second-order valence-corrected chi connectivity index (χ2v) is 15.0. The molecule has 0 aliphatic carbocycles. The number of sulfone groups is 2. The van der Waals surface area contributed by atoms with E-state index in [0.29, 0.717) is 29.5 Å². The lowest BCUT2D eigenvalue weighted by molar-refractivity contribution is -0.126. The van der Waals surface area contributed by atoms with Gasteiger partial charge in [-0.25, -0.2) is 31.5 Å². The summed E-state index contributed by atoms with van der Waals surface area (Å²) in [6, 6.07) is -3.96. The van der Waals surface area contributed by atoms with Gasteiger partial charge in [0.05, 0.1) is 12.1 Å². The highest BCUT2D eigenvalue weighted by Crippen LogP contribution is 2.31. The van der Waals surface area contributed by atoms with Crippen molar-refractivity contribution in [3.05, 3.63) is 0 Å². The summed E-state index contributed by atoms with van der Waals surface area (Å²) in [4.78, 5) is 49.8. The maximum absolute atomic E-state index is 12.0. The number of carbonyl (C=O) groups excluding carboxylic acids is 4. The number of carbonyl (C=O) groups is 4. The monoisotopic (exact) mass is 634 g/mol. The lowest BCUT2D eigenvalue weighted by Crippen LogP contribution is -2.50. The normalized spacial score (nSPS) is 26.4. The number of urea groups is 2. The molecule has 4 N–H and O–H groups in total. The van der Waals surface area contributed by atoms with Gasteiger partial charge in [-0.1, -0.05) is 0 Å². The summed E-state index contributed by atoms with van der Waals surface area (Å²) < 4.78 is 78.3. The average Bonchev–Trinajstić information content (AvgIpc) is 3.20. The molecule has 0 radical (unpaired) electrons. The van der Waals surface area contributed by atoms with E-state index in [1.165, 1.54) is 4.90 Å². The van der Waals surface area contributed by atoms with Crippen molar-refractivity contribution < 1.29 is 58.5 Å². The van der Waals surface area contributed by atoms with Crippen LogP contribution in [0.5, 0.6) is 0 Å². The Balaban J connectivity index is 0.000000225. The fourth-order valence-electron chi connectivity index (χ4n) is 4.67. The van der Waals surface area contributed by atoms with Gasteiger partial charge in [0.2, 0.25) is 11.8 Å². The summed E-state index contributed by atoms with van der Waals surface area (Å²) in [5, 5.41) is 15.1. The molecule has 6 amide bonds. The maximum Gasteiger partial charge on any atom is 0.418 e. The first-order valence-corrected chi connectivity index (χ1v) is 17.2. The van der Waals surface area contributed by atoms with Crippen molar-refractivity contribution in [3.63, 3.8) is 0 Å². The minimum absolute atomic E-state index is 0.0469. The van der Waals surface area contributed by atoms with Gasteiger partial charge in [0.15, 0.2) is 19.7 Å². The van der Waals surface area contributed by atoms with Gasteiger partial charge < -0.3 is 20.4 Å². The van der Waals surface area contributed by atoms with Crippen molar-refractivity contribution in [3.8, 4) is 0 Å². The summed E-state index contributed by atoms with van der Waals surface area (Å²) in [5.41, 5.74) is 0. The molecule has 40 heavy (non-hydrogen) atoms. The molecule has 0 unspecified atom stereocenters. The lowest BCUT2D eigenvalue weighted by atomic mass is 10.0. The Kier molecular flexibility index (Phi) is 9.20. The van der Waals surface area contributed by atoms with Crippen LogP contribution in [0.4, 0.5) is 9.59 Å². The van der Waals surface area contributed by atoms with Crippen LogP contribution < -0.4 is 10.6 Å². The molecule has 19 nitrogen and oxygen atoms in total. The van der Waals surface area contributed by atoms with Crippen molar-refractivity contribution in [2.45, 2.75) is 49.9 Å². The van der Waals surface area contributed by atoms with E-state index in [1.807, 2.05) is 0 Å². The zero-order chi connectivity index (χ0) is 30.2. The van der Waals surface area contributed by atoms with E-state index in [0.717, 1.165) is 17.4 Å². The zero-order valence-electron chi connectivity index (χ0n) is 21.4. The van der Waals surface area contributed by atoms with E-state index in [4.69, 9.17) is 4.55 Å². The molecule has 0 aromatic rings. The molecule has 22 heteroatoms. The molecule has 4 aliphatic rings. The van der Waals surface area contributed by atoms with Crippen molar-refractivity contribution in [1.29, 1.82) is 0 Å². The van der Waals surface area contributed by atoms with Crippen LogP contribution in [0.2, 0.25) is 0 Å². The second kappa shape index (κ2) is 11.6. The van der Waals surface area contributed by atoms with Gasteiger partial charge in [-0.2, -0.15) is 13.5 Å². The molecule has 4 fully saturated rings. The molecule has 228 valence electrons. The molecule has 4 saturated heterocycles. The van der Waals surface area contributed by atoms with Crippen molar-refractivity contribution in [2.75, 3.05) is 37.4 Å². The molecule has 4 heterocycles. The summed E-state index contributed by atoms with van der Waals surface area (Å²) in [6.07, 6.45) is 3.40. The van der Waals surface area contributed by atoms with Crippen LogP contribution in [0.1, 0.15) is 25.7 Å². The van der Waals surface area contributed by atoms with Gasteiger partial charge in [0.1, 0.15) is 23.8 Å². The predicted octanol–water partition coefficient (Wildman–Crippen LogP) is -3.13. The van der Waals surface area contributed by atoms with E-state index in [9.17, 15) is 49.6 Å². The van der Waals surface area contributed by atoms with E-state index in [-0.39, 0.29) is 25.4 Å². The Bertz CT molecular complexity index is 1370. The third-order valence-corrected chi connectivity index (χ3v) is 8.15. The summed E-state index contributed by atoms with van der Waals surface area (Å²) in [6.45, 7) is 0.345. The second-order valence-electron chi connectivity index (χ2n) is 9.76. The van der Waals surface area contributed by atoms with Crippen molar-refractivity contribution in [2.24, 2.45) is 0 Å². The van der Waals surface area contributed by atoms with Crippen LogP contribution in [-0.4, -0.2) is 140 Å². The molecule has 4 aliphatic heterocycles. The van der Waals surface area contributed by atoms with Crippen LogP contribution in [0.25, 0.3) is 0 Å². The van der Waals surface area contributed by atoms with Crippen molar-refractivity contribution in [1.82, 2.24) is 30.6 Å². The van der Waals surface area contributed by atoms with Gasteiger partial charge >= 0.3 is 22.5 Å². The van der Waals surface area contributed by atoms with E-state index >= 15 is 0 Å². The number of nitrogens with zero attached hydrogens (tertiary/aromatic N) is 4. The topological polar surface area (TPSA) is 257 Å². The first-order chi connectivity index (χ1) is 18.3. The van der Waals surface area contributed by atoms with Gasteiger partial charge in [-0.15, -0.1) is 4.28 Å². The molecule has 0 saturated carbocycles. The Morgan fingerprint density at radius 3 is 1.68 bits per heavy atom. The fraction of sp³-hybridized carbons (Fsp3) is 0.778. The number of piperidine rings is 2. The number of rotatable bonds is 8. The van der Waals surface area contributed by atoms with Crippen LogP contribution >= 0.6 is 0 Å². The molecule has 4 bridgehead atoms. The Morgan fingerprint density at radius 1 is 0.800 bits per heavy atom. The van der Waals surface area contributed by atoms with Gasteiger partial charge in [-0.05, 0) is 25.7 Å². The minimum atomic E-state index is -4.85. The molecule has 4 rings (SSSR count). The predicted molar refractivity (Wildman–Crippen MR) is 132 cm³/mol. The molecule has 0 aromatic heterocycles. The smallest absolute Gasteiger partial charge is 0.340 e. The summed E-state index contributed by atoms with van der Waals surface area (Å²) >= 11 is 0. The number of hydroxylamine groups is 4. The summed E-state index contributed by atoms with van der Waals surface area (Å²) in [5.74, 6) is -2.15. The number of hydrogen-bond donors (Lipinski definition) is 4. The summed E-state index contributed by atoms with van der Waals surface area (Å²) in [7, 11) is -11.5. The highest BCUT2D eigenvalue weighted by molar-refractivity contribution is 7.90. The number of nitrogens with one attached hydrogen (secondary N) is 2. The van der Waals surface area contributed by atoms with E-state index in [1.54, 1.807) is 0 Å². The van der Waals surface area contributed by atoms with Crippen LogP contribution in [0, 0.1) is 0 Å². The number of fused-ring (bicyclic) bond motifs is 4. The van der Waals surface area contributed by atoms with E-state index in [2.05, 4.69) is 14.9 Å². The van der Waals surface area contributed by atoms with E-state index < -0.39 is 83.8 Å². The standard InChI is InChI=1S/C9H15N3O8S2.C9H15N3O5S/c1-21(15,16)5-10-8(13)7-3-2-6-4-11(7)9(14)12(6)20-22(17,18)19;1-18(16,17)5-10-8(13)7-3-2-6-4-11(7)9(14)12(6)15/h6-7H,2-5H2,1H3,(H,10,13)(H,17,18,19);6-7,15H,2-5H2,1H3,(H,10,13)/t2*6-,7+/m11/s1. The average molecular weight is 635 g/mol. The first kappa shape index (κ1) is 31.7. The first-order valence-electron chi connectivity index (χ1n) is 11.7. The molecule has 4 atom stereocenters. The largest absolute Gasteiger partial charge is 0.418 e. The maximum atomic E-state index is 12.0. The Labute approximate surface area is 230 Å². The molecule has 0 aromatic carbocycles. The number of amides is 6. The van der Waals surface area contributed by atoms with Gasteiger partial charge in [-0.3, -0.25) is 19.3 Å². The number of hydrogen-bond acceptors (Lipinski definition) is 12. The highest BCUT2D eigenvalue weighted by atomic mass is 32.3. The molecular weight excluding hydrogens is 604 g/mol. The van der Waals surface area contributed by atoms with Crippen LogP contribution in [0.15, 0.2) is 0 Å². The highest BCUT2D eigenvalue weighted by Gasteiger charge is 2.49. The Hall–Kier alpha value is -2.79. The van der Waals surface area contributed by atoms with Crippen LogP contribution in [-0.2, 0) is 43.9 Å². The lowest BCUT2D eigenvalue weighted by Gasteiger charge is -2.29. The molecule has 0 spiro atoms. The minimum Gasteiger partial charge on any atom is -0.340 e. The quantitative estimate of drug-likeness (QED) is 0.152. The Morgan fingerprint density at radius 2 is 1.23 bits per heavy atom. The third-order valence-electron chi connectivity index (χ3n) is 6.46. The van der Waals surface area contributed by atoms with Gasteiger partial charge in [0.25, 0.3) is 0 Å². The van der Waals surface area contributed by atoms with Crippen molar-refractivity contribution >= 4 is 54.0 Å². The molecular formula is C18H30N6O13S3. The zero-order valence-corrected chi connectivity index (χ0v) is 23.8. The van der Waals surface area contributed by atoms with Crippen LogP contribution in [0.3, 0.4) is 0 Å². The fourth-order valence-corrected chi connectivity index (χ4v) is 5.86.